The number of nitrogens with zero attached hydrogens (tertiary/aromatic N) is 2. The molecule has 33 heavy (non-hydrogen) atoms. The molecular weight excluding hydrogens is 422 g/mol. The zero-order valence-corrected chi connectivity index (χ0v) is 19.0. The van der Waals surface area contributed by atoms with Crippen molar-refractivity contribution in [1.82, 2.24) is 25.9 Å². The molecule has 1 atom stereocenters. The second-order valence-electron chi connectivity index (χ2n) is 7.96. The Morgan fingerprint density at radius 1 is 1.06 bits per heavy atom. The van der Waals surface area contributed by atoms with Crippen LogP contribution in [-0.2, 0) is 11.3 Å². The van der Waals surface area contributed by atoms with Gasteiger partial charge in [-0.25, -0.2) is 0 Å². The van der Waals surface area contributed by atoms with Gasteiger partial charge < -0.3 is 20.4 Å². The number of pyridine rings is 2. The molecule has 3 aromatic heterocycles. The van der Waals surface area contributed by atoms with Crippen LogP contribution in [0.3, 0.4) is 0 Å². The highest BCUT2D eigenvalue weighted by Crippen LogP contribution is 2.21. The van der Waals surface area contributed by atoms with Crippen LogP contribution in [0.1, 0.15) is 45.9 Å². The number of furan rings is 1. The number of hydrogen-bond donors (Lipinski definition) is 3. The SMILES string of the molecule is CNC(=O)[C@@H](NC(=O)c1ccc(-c2cc(CNC(=O)c3cncc(C)c3)ccn2)o1)C(C)C. The quantitative estimate of drug-likeness (QED) is 0.485. The van der Waals surface area contributed by atoms with Gasteiger partial charge >= 0.3 is 0 Å². The maximum atomic E-state index is 12.6. The van der Waals surface area contributed by atoms with E-state index in [0.29, 0.717) is 23.6 Å². The van der Waals surface area contributed by atoms with Crippen LogP contribution in [0.4, 0.5) is 0 Å². The van der Waals surface area contributed by atoms with E-state index >= 15 is 0 Å². The Labute approximate surface area is 192 Å². The number of aromatic nitrogens is 2. The molecule has 0 saturated heterocycles. The van der Waals surface area contributed by atoms with E-state index < -0.39 is 11.9 Å². The summed E-state index contributed by atoms with van der Waals surface area (Å²) in [6.45, 7) is 5.85. The normalized spacial score (nSPS) is 11.7. The van der Waals surface area contributed by atoms with Gasteiger partial charge in [0.2, 0.25) is 5.91 Å². The average molecular weight is 450 g/mol. The number of nitrogens with one attached hydrogen (secondary N) is 3. The summed E-state index contributed by atoms with van der Waals surface area (Å²) in [4.78, 5) is 45.3. The van der Waals surface area contributed by atoms with Crippen molar-refractivity contribution in [3.8, 4) is 11.5 Å². The number of amides is 3. The Hall–Kier alpha value is -4.01. The lowest BCUT2D eigenvalue weighted by molar-refractivity contribution is -0.123. The highest BCUT2D eigenvalue weighted by atomic mass is 16.4. The predicted octanol–water partition coefficient (Wildman–Crippen LogP) is 2.48. The minimum Gasteiger partial charge on any atom is -0.449 e. The average Bonchev–Trinajstić information content (AvgIpc) is 3.31. The second-order valence-corrected chi connectivity index (χ2v) is 7.96. The van der Waals surface area contributed by atoms with Crippen molar-refractivity contribution in [2.24, 2.45) is 5.92 Å². The number of aryl methyl sites for hydroxylation is 1. The summed E-state index contributed by atoms with van der Waals surface area (Å²) in [7, 11) is 1.52. The molecule has 0 aliphatic carbocycles. The Bertz CT molecular complexity index is 1160. The van der Waals surface area contributed by atoms with Gasteiger partial charge in [-0.2, -0.15) is 0 Å². The van der Waals surface area contributed by atoms with Gasteiger partial charge in [-0.1, -0.05) is 13.8 Å². The van der Waals surface area contributed by atoms with Crippen molar-refractivity contribution >= 4 is 17.7 Å². The molecule has 9 heteroatoms. The second kappa shape index (κ2) is 10.5. The number of rotatable bonds is 8. The van der Waals surface area contributed by atoms with E-state index in [0.717, 1.165) is 11.1 Å². The van der Waals surface area contributed by atoms with Crippen LogP contribution in [-0.4, -0.2) is 40.8 Å². The summed E-state index contributed by atoms with van der Waals surface area (Å²) in [5, 5.41) is 8.09. The van der Waals surface area contributed by atoms with Crippen LogP contribution < -0.4 is 16.0 Å². The topological polar surface area (TPSA) is 126 Å². The van der Waals surface area contributed by atoms with E-state index in [1.54, 1.807) is 36.7 Å². The van der Waals surface area contributed by atoms with Crippen LogP contribution in [0.25, 0.3) is 11.5 Å². The lowest BCUT2D eigenvalue weighted by atomic mass is 10.0. The smallest absolute Gasteiger partial charge is 0.287 e. The first-order chi connectivity index (χ1) is 15.8. The van der Waals surface area contributed by atoms with Crippen molar-refractivity contribution in [2.45, 2.75) is 33.4 Å². The fourth-order valence-electron chi connectivity index (χ4n) is 3.18. The summed E-state index contributed by atoms with van der Waals surface area (Å²) in [6.07, 6.45) is 4.81. The third-order valence-corrected chi connectivity index (χ3v) is 4.98. The van der Waals surface area contributed by atoms with E-state index in [4.69, 9.17) is 4.42 Å². The van der Waals surface area contributed by atoms with Crippen LogP contribution in [0.2, 0.25) is 0 Å². The fraction of sp³-hybridized carbons (Fsp3) is 0.292. The Morgan fingerprint density at radius 2 is 1.85 bits per heavy atom. The summed E-state index contributed by atoms with van der Waals surface area (Å²) >= 11 is 0. The third kappa shape index (κ3) is 6.03. The maximum absolute atomic E-state index is 12.6. The van der Waals surface area contributed by atoms with Crippen molar-refractivity contribution < 1.29 is 18.8 Å². The van der Waals surface area contributed by atoms with Gasteiger partial charge in [0.05, 0.1) is 5.56 Å². The molecule has 3 rings (SSSR count). The summed E-state index contributed by atoms with van der Waals surface area (Å²) in [5.74, 6) is -0.601. The van der Waals surface area contributed by atoms with E-state index in [-0.39, 0.29) is 23.5 Å². The van der Waals surface area contributed by atoms with Gasteiger partial charge in [0.15, 0.2) is 11.5 Å². The standard InChI is InChI=1S/C24H27N5O4/c1-14(2)21(24(32)25-4)29-23(31)20-6-5-19(33-20)18-10-16(7-8-27-18)12-28-22(30)17-9-15(3)11-26-13-17/h5-11,13-14,21H,12H2,1-4H3,(H,25,32)(H,28,30)(H,29,31)/t21-/m0/s1. The lowest BCUT2D eigenvalue weighted by Gasteiger charge is -2.19. The van der Waals surface area contributed by atoms with Crippen molar-refractivity contribution in [1.29, 1.82) is 0 Å². The Morgan fingerprint density at radius 3 is 2.55 bits per heavy atom. The maximum Gasteiger partial charge on any atom is 0.287 e. The molecule has 0 spiro atoms. The Kier molecular flexibility index (Phi) is 7.55. The van der Waals surface area contributed by atoms with Crippen molar-refractivity contribution in [3.05, 3.63) is 71.4 Å². The fourth-order valence-corrected chi connectivity index (χ4v) is 3.18. The van der Waals surface area contributed by atoms with E-state index in [2.05, 4.69) is 25.9 Å². The summed E-state index contributed by atoms with van der Waals surface area (Å²) in [5.41, 5.74) is 2.73. The molecule has 3 aromatic rings. The largest absolute Gasteiger partial charge is 0.449 e. The van der Waals surface area contributed by atoms with Crippen molar-refractivity contribution in [3.63, 3.8) is 0 Å². The Balaban J connectivity index is 1.67. The molecule has 0 aromatic carbocycles. The zero-order chi connectivity index (χ0) is 24.0. The van der Waals surface area contributed by atoms with Crippen LogP contribution in [0.5, 0.6) is 0 Å². The van der Waals surface area contributed by atoms with Crippen LogP contribution in [0, 0.1) is 12.8 Å². The van der Waals surface area contributed by atoms with E-state index in [9.17, 15) is 14.4 Å². The number of hydrogen-bond acceptors (Lipinski definition) is 6. The first-order valence-corrected chi connectivity index (χ1v) is 10.6. The molecule has 172 valence electrons. The number of carbonyl (C=O) groups excluding carboxylic acids is 3. The van der Waals surface area contributed by atoms with E-state index in [1.807, 2.05) is 20.8 Å². The van der Waals surface area contributed by atoms with Gasteiger partial charge in [-0.05, 0) is 54.3 Å². The molecule has 3 amide bonds. The van der Waals surface area contributed by atoms with Crippen LogP contribution >= 0.6 is 0 Å². The van der Waals surface area contributed by atoms with Gasteiger partial charge in [-0.3, -0.25) is 24.4 Å². The highest BCUT2D eigenvalue weighted by molar-refractivity contribution is 5.96. The summed E-state index contributed by atoms with van der Waals surface area (Å²) in [6, 6.07) is 7.82. The van der Waals surface area contributed by atoms with Gasteiger partial charge in [0.25, 0.3) is 11.8 Å². The van der Waals surface area contributed by atoms with Crippen LogP contribution in [0.15, 0.2) is 53.3 Å². The molecule has 0 bridgehead atoms. The minimum atomic E-state index is -0.676. The molecule has 0 saturated carbocycles. The van der Waals surface area contributed by atoms with Crippen molar-refractivity contribution in [2.75, 3.05) is 7.05 Å². The first-order valence-electron chi connectivity index (χ1n) is 10.6. The molecule has 3 heterocycles. The number of carbonyl (C=O) groups is 3. The molecule has 0 fully saturated rings. The highest BCUT2D eigenvalue weighted by Gasteiger charge is 2.25. The molecule has 0 unspecified atom stereocenters. The zero-order valence-electron chi connectivity index (χ0n) is 19.0. The molecule has 0 aliphatic rings. The van der Waals surface area contributed by atoms with E-state index in [1.165, 1.54) is 19.3 Å². The predicted molar refractivity (Wildman–Crippen MR) is 122 cm³/mol. The first kappa shape index (κ1) is 23.6. The third-order valence-electron chi connectivity index (χ3n) is 4.98. The minimum absolute atomic E-state index is 0.0759. The summed E-state index contributed by atoms with van der Waals surface area (Å²) < 4.78 is 5.69. The monoisotopic (exact) mass is 449 g/mol. The van der Waals surface area contributed by atoms with Gasteiger partial charge in [-0.15, -0.1) is 0 Å². The van der Waals surface area contributed by atoms with Gasteiger partial charge in [0.1, 0.15) is 11.7 Å². The van der Waals surface area contributed by atoms with Gasteiger partial charge in [0, 0.05) is 32.2 Å². The molecular formula is C24H27N5O4. The molecule has 0 aliphatic heterocycles. The molecule has 0 radical (unpaired) electrons. The molecule has 9 nitrogen and oxygen atoms in total. The number of likely N-dealkylation sites (N-methyl/N-ethyl adjacent to an activating group) is 1. The lowest BCUT2D eigenvalue weighted by Crippen LogP contribution is -2.48. The molecule has 3 N–H and O–H groups in total.